The first kappa shape index (κ1) is 16.4. The summed E-state index contributed by atoms with van der Waals surface area (Å²) in [5, 5.41) is 9.94. The maximum Gasteiger partial charge on any atom is 0.222 e. The lowest BCUT2D eigenvalue weighted by Crippen LogP contribution is -2.50. The van der Waals surface area contributed by atoms with Crippen molar-refractivity contribution in [2.75, 3.05) is 39.3 Å². The Labute approximate surface area is 116 Å². The van der Waals surface area contributed by atoms with Crippen LogP contribution < -0.4 is 0 Å². The number of hydrogen-bond acceptors (Lipinski definition) is 4. The van der Waals surface area contributed by atoms with Gasteiger partial charge in [-0.2, -0.15) is 0 Å². The van der Waals surface area contributed by atoms with Gasteiger partial charge in [0.05, 0.1) is 18.3 Å². The molecule has 0 saturated carbocycles. The van der Waals surface area contributed by atoms with E-state index in [1.54, 1.807) is 0 Å². The molecule has 1 heterocycles. The van der Waals surface area contributed by atoms with E-state index in [4.69, 9.17) is 4.74 Å². The molecule has 19 heavy (non-hydrogen) atoms. The van der Waals surface area contributed by atoms with Crippen LogP contribution >= 0.6 is 0 Å². The van der Waals surface area contributed by atoms with E-state index in [9.17, 15) is 9.90 Å². The Hall–Kier alpha value is -0.650. The molecule has 1 unspecified atom stereocenters. The maximum absolute atomic E-state index is 11.5. The van der Waals surface area contributed by atoms with Crippen LogP contribution in [0.25, 0.3) is 0 Å². The molecule has 1 atom stereocenters. The zero-order chi connectivity index (χ0) is 14.5. The third-order valence-corrected chi connectivity index (χ3v) is 3.21. The average molecular weight is 272 g/mol. The maximum atomic E-state index is 11.5. The van der Waals surface area contributed by atoms with Crippen molar-refractivity contribution in [3.63, 3.8) is 0 Å². The number of ether oxygens (including phenoxy) is 1. The standard InChI is InChI=1S/C14H28N2O3/c1-5-13(18)16-8-6-15(7-9-16)10-12(17)11-19-14(2,3)4/h12,17H,5-11H2,1-4H3. The second-order valence-corrected chi connectivity index (χ2v) is 6.11. The summed E-state index contributed by atoms with van der Waals surface area (Å²) >= 11 is 0. The summed E-state index contributed by atoms with van der Waals surface area (Å²) in [4.78, 5) is 15.6. The van der Waals surface area contributed by atoms with Crippen molar-refractivity contribution >= 4 is 5.91 Å². The number of β-amino-alcohol motifs (C(OH)–C–C–N with tert-alkyl or cyclic N) is 1. The van der Waals surface area contributed by atoms with Gasteiger partial charge in [0.1, 0.15) is 0 Å². The molecule has 0 aliphatic carbocycles. The van der Waals surface area contributed by atoms with Gasteiger partial charge in [0.25, 0.3) is 0 Å². The van der Waals surface area contributed by atoms with Crippen molar-refractivity contribution in [3.8, 4) is 0 Å². The van der Waals surface area contributed by atoms with Gasteiger partial charge in [-0.15, -0.1) is 0 Å². The number of carbonyl (C=O) groups excluding carboxylic acids is 1. The van der Waals surface area contributed by atoms with Crippen molar-refractivity contribution in [3.05, 3.63) is 0 Å². The van der Waals surface area contributed by atoms with Crippen LogP contribution in [0.4, 0.5) is 0 Å². The quantitative estimate of drug-likeness (QED) is 0.801. The molecule has 1 rings (SSSR count). The molecule has 1 aliphatic heterocycles. The monoisotopic (exact) mass is 272 g/mol. The number of aliphatic hydroxyl groups excluding tert-OH is 1. The van der Waals surface area contributed by atoms with Crippen LogP contribution in [0, 0.1) is 0 Å². The van der Waals surface area contributed by atoms with Crippen LogP contribution in [0.5, 0.6) is 0 Å². The van der Waals surface area contributed by atoms with Gasteiger partial charge in [0, 0.05) is 39.1 Å². The zero-order valence-corrected chi connectivity index (χ0v) is 12.7. The van der Waals surface area contributed by atoms with E-state index in [0.717, 1.165) is 26.2 Å². The fourth-order valence-corrected chi connectivity index (χ4v) is 2.10. The molecule has 1 N–H and O–H groups in total. The van der Waals surface area contributed by atoms with E-state index in [1.165, 1.54) is 0 Å². The largest absolute Gasteiger partial charge is 0.389 e. The van der Waals surface area contributed by atoms with E-state index in [2.05, 4.69) is 4.90 Å². The van der Waals surface area contributed by atoms with E-state index in [1.807, 2.05) is 32.6 Å². The first-order chi connectivity index (χ1) is 8.81. The minimum absolute atomic E-state index is 0.215. The molecule has 1 aliphatic rings. The van der Waals surface area contributed by atoms with Crippen molar-refractivity contribution in [1.82, 2.24) is 9.80 Å². The Bertz CT molecular complexity index is 281. The molecular weight excluding hydrogens is 244 g/mol. The van der Waals surface area contributed by atoms with Gasteiger partial charge in [-0.3, -0.25) is 9.69 Å². The zero-order valence-electron chi connectivity index (χ0n) is 12.7. The lowest BCUT2D eigenvalue weighted by Gasteiger charge is -2.35. The first-order valence-electron chi connectivity index (χ1n) is 7.14. The molecule has 1 amide bonds. The fourth-order valence-electron chi connectivity index (χ4n) is 2.10. The van der Waals surface area contributed by atoms with Crippen LogP contribution in [-0.4, -0.2) is 71.8 Å². The molecule has 0 spiro atoms. The van der Waals surface area contributed by atoms with Gasteiger partial charge < -0.3 is 14.7 Å². The topological polar surface area (TPSA) is 53.0 Å². The van der Waals surface area contributed by atoms with Gasteiger partial charge in [0.2, 0.25) is 5.91 Å². The van der Waals surface area contributed by atoms with Gasteiger partial charge in [-0.1, -0.05) is 6.92 Å². The van der Waals surface area contributed by atoms with Crippen molar-refractivity contribution in [2.24, 2.45) is 0 Å². The minimum Gasteiger partial charge on any atom is -0.389 e. The predicted molar refractivity (Wildman–Crippen MR) is 75.0 cm³/mol. The number of amides is 1. The summed E-state index contributed by atoms with van der Waals surface area (Å²) in [5.74, 6) is 0.219. The highest BCUT2D eigenvalue weighted by molar-refractivity contribution is 5.75. The summed E-state index contributed by atoms with van der Waals surface area (Å²) < 4.78 is 5.57. The molecule has 0 radical (unpaired) electrons. The molecule has 5 nitrogen and oxygen atoms in total. The third-order valence-electron chi connectivity index (χ3n) is 3.21. The lowest BCUT2D eigenvalue weighted by atomic mass is 10.2. The Kier molecular flexibility index (Phi) is 6.23. The summed E-state index contributed by atoms with van der Waals surface area (Å²) in [6.45, 7) is 12.0. The van der Waals surface area contributed by atoms with Gasteiger partial charge in [-0.25, -0.2) is 0 Å². The molecular formula is C14H28N2O3. The Morgan fingerprint density at radius 2 is 1.84 bits per heavy atom. The van der Waals surface area contributed by atoms with E-state index in [0.29, 0.717) is 19.6 Å². The second-order valence-electron chi connectivity index (χ2n) is 6.11. The highest BCUT2D eigenvalue weighted by atomic mass is 16.5. The summed E-state index contributed by atoms with van der Waals surface area (Å²) in [7, 11) is 0. The molecule has 0 aromatic heterocycles. The SMILES string of the molecule is CCC(=O)N1CCN(CC(O)COC(C)(C)C)CC1. The highest BCUT2D eigenvalue weighted by Gasteiger charge is 2.22. The van der Waals surface area contributed by atoms with Crippen molar-refractivity contribution < 1.29 is 14.6 Å². The lowest BCUT2D eigenvalue weighted by molar-refractivity contribution is -0.133. The van der Waals surface area contributed by atoms with Crippen molar-refractivity contribution in [2.45, 2.75) is 45.8 Å². The molecule has 0 bridgehead atoms. The molecule has 0 aromatic rings. The molecule has 5 heteroatoms. The van der Waals surface area contributed by atoms with Gasteiger partial charge in [0.15, 0.2) is 0 Å². The minimum atomic E-state index is -0.465. The Morgan fingerprint density at radius 3 is 2.32 bits per heavy atom. The summed E-state index contributed by atoms with van der Waals surface area (Å²) in [6, 6.07) is 0. The number of carbonyl (C=O) groups is 1. The highest BCUT2D eigenvalue weighted by Crippen LogP contribution is 2.09. The fraction of sp³-hybridized carbons (Fsp3) is 0.929. The van der Waals surface area contributed by atoms with E-state index < -0.39 is 6.10 Å². The van der Waals surface area contributed by atoms with Crippen molar-refractivity contribution in [1.29, 1.82) is 0 Å². The molecule has 1 fully saturated rings. The molecule has 1 saturated heterocycles. The third kappa shape index (κ3) is 6.36. The van der Waals surface area contributed by atoms with Crippen LogP contribution in [-0.2, 0) is 9.53 Å². The number of nitrogens with zero attached hydrogens (tertiary/aromatic N) is 2. The number of rotatable bonds is 5. The number of piperazine rings is 1. The van der Waals surface area contributed by atoms with Crippen LogP contribution in [0.1, 0.15) is 34.1 Å². The van der Waals surface area contributed by atoms with Crippen LogP contribution in [0.3, 0.4) is 0 Å². The summed E-state index contributed by atoms with van der Waals surface area (Å²) in [6.07, 6.45) is 0.106. The number of hydrogen-bond donors (Lipinski definition) is 1. The Morgan fingerprint density at radius 1 is 1.26 bits per heavy atom. The van der Waals surface area contributed by atoms with Gasteiger partial charge in [-0.05, 0) is 20.8 Å². The first-order valence-corrected chi connectivity index (χ1v) is 7.14. The summed E-state index contributed by atoms with van der Waals surface area (Å²) in [5.41, 5.74) is -0.215. The molecule has 112 valence electrons. The van der Waals surface area contributed by atoms with Crippen LogP contribution in [0.2, 0.25) is 0 Å². The van der Waals surface area contributed by atoms with Gasteiger partial charge >= 0.3 is 0 Å². The molecule has 0 aromatic carbocycles. The normalized spacial score (nSPS) is 19.5. The smallest absolute Gasteiger partial charge is 0.222 e. The average Bonchev–Trinajstić information content (AvgIpc) is 2.35. The second kappa shape index (κ2) is 7.22. The Balaban J connectivity index is 2.23. The predicted octanol–water partition coefficient (Wildman–Crippen LogP) is 0.717. The van der Waals surface area contributed by atoms with E-state index in [-0.39, 0.29) is 11.5 Å². The number of aliphatic hydroxyl groups is 1. The van der Waals surface area contributed by atoms with Crippen LogP contribution in [0.15, 0.2) is 0 Å². The van der Waals surface area contributed by atoms with E-state index >= 15 is 0 Å².